The molecule has 0 amide bonds. The lowest BCUT2D eigenvalue weighted by molar-refractivity contribution is -0.140. The van der Waals surface area contributed by atoms with Gasteiger partial charge in [0.05, 0.1) is 12.7 Å². The van der Waals surface area contributed by atoms with E-state index in [1.165, 1.54) is 5.56 Å². The average Bonchev–Trinajstić information content (AvgIpc) is 3.33. The number of benzene rings is 3. The zero-order valence-corrected chi connectivity index (χ0v) is 20.9. The van der Waals surface area contributed by atoms with Gasteiger partial charge in [-0.25, -0.2) is 9.48 Å². The number of nitrogens with zero attached hydrogens (tertiary/aromatic N) is 3. The van der Waals surface area contributed by atoms with Gasteiger partial charge in [-0.05, 0) is 35.7 Å². The highest BCUT2D eigenvalue weighted by molar-refractivity contribution is 7.98. The predicted molar refractivity (Wildman–Crippen MR) is 140 cm³/mol. The molecule has 5 rings (SSSR count). The van der Waals surface area contributed by atoms with Crippen molar-refractivity contribution in [2.75, 3.05) is 12.4 Å². The van der Waals surface area contributed by atoms with Crippen molar-refractivity contribution in [1.29, 1.82) is 0 Å². The number of nitrogens with one attached hydrogen (secondary N) is 1. The first-order chi connectivity index (χ1) is 17.6. The lowest BCUT2D eigenvalue weighted by Crippen LogP contribution is -2.29. The van der Waals surface area contributed by atoms with Gasteiger partial charge in [0.25, 0.3) is 0 Å². The molecular weight excluding hydrogens is 472 g/mol. The summed E-state index contributed by atoms with van der Waals surface area (Å²) in [6, 6.07) is 26.9. The number of methoxy groups -OCH3 is 1. The molecule has 0 spiro atoms. The van der Waals surface area contributed by atoms with Gasteiger partial charge in [0.1, 0.15) is 18.4 Å². The molecule has 1 aliphatic rings. The van der Waals surface area contributed by atoms with Crippen molar-refractivity contribution in [2.45, 2.75) is 30.5 Å². The van der Waals surface area contributed by atoms with E-state index in [-0.39, 0.29) is 6.61 Å². The number of anilines is 1. The minimum Gasteiger partial charge on any atom is -0.497 e. The van der Waals surface area contributed by atoms with Gasteiger partial charge in [-0.2, -0.15) is 4.98 Å². The Labute approximate surface area is 214 Å². The first kappa shape index (κ1) is 23.7. The standard InChI is InChI=1S/C28H26N4O3S/c1-19-24(26(33)35-17-20-10-5-3-6-11-20)25(22-14-9-15-23(16-22)34-2)32-27(29-19)30-28(31-32)36-18-21-12-7-4-8-13-21/h3-16,25H,17-18H2,1-2H3,(H,29,30,31). The molecule has 1 unspecified atom stereocenters. The molecule has 2 heterocycles. The third-order valence-electron chi connectivity index (χ3n) is 5.89. The van der Waals surface area contributed by atoms with Gasteiger partial charge in [-0.15, -0.1) is 5.10 Å². The van der Waals surface area contributed by atoms with Crippen LogP contribution in [0.25, 0.3) is 0 Å². The summed E-state index contributed by atoms with van der Waals surface area (Å²) in [6.45, 7) is 2.05. The van der Waals surface area contributed by atoms with Crippen molar-refractivity contribution in [2.24, 2.45) is 0 Å². The number of hydrogen-bond donors (Lipinski definition) is 1. The second-order valence-corrected chi connectivity index (χ2v) is 9.28. The maximum absolute atomic E-state index is 13.4. The highest BCUT2D eigenvalue weighted by Crippen LogP contribution is 2.38. The summed E-state index contributed by atoms with van der Waals surface area (Å²) in [4.78, 5) is 18.1. The molecule has 0 radical (unpaired) electrons. The second kappa shape index (κ2) is 10.7. The van der Waals surface area contributed by atoms with Crippen molar-refractivity contribution >= 4 is 23.7 Å². The van der Waals surface area contributed by atoms with Crippen LogP contribution in [0.2, 0.25) is 0 Å². The van der Waals surface area contributed by atoms with E-state index in [0.29, 0.717) is 28.1 Å². The summed E-state index contributed by atoms with van der Waals surface area (Å²) in [5.41, 5.74) is 4.13. The Kier molecular flexibility index (Phi) is 7.04. The number of allylic oxidation sites excluding steroid dienone is 1. The van der Waals surface area contributed by atoms with Crippen LogP contribution in [-0.2, 0) is 21.9 Å². The van der Waals surface area contributed by atoms with Crippen molar-refractivity contribution < 1.29 is 14.3 Å². The first-order valence-corrected chi connectivity index (χ1v) is 12.6. The number of ether oxygens (including phenoxy) is 2. The fourth-order valence-electron chi connectivity index (χ4n) is 4.10. The van der Waals surface area contributed by atoms with E-state index in [1.54, 1.807) is 23.6 Å². The lowest BCUT2D eigenvalue weighted by Gasteiger charge is -2.28. The van der Waals surface area contributed by atoms with Crippen LogP contribution >= 0.6 is 11.8 Å². The van der Waals surface area contributed by atoms with Gasteiger partial charge in [0, 0.05) is 11.4 Å². The maximum atomic E-state index is 13.4. The fourth-order valence-corrected chi connectivity index (χ4v) is 4.88. The molecule has 3 aromatic carbocycles. The number of thioether (sulfide) groups is 1. The van der Waals surface area contributed by atoms with Crippen molar-refractivity contribution in [3.8, 4) is 5.75 Å². The Hall–Kier alpha value is -4.04. The quantitative estimate of drug-likeness (QED) is 0.250. The van der Waals surface area contributed by atoms with E-state index in [9.17, 15) is 4.79 Å². The molecule has 7 nitrogen and oxygen atoms in total. The average molecular weight is 499 g/mol. The van der Waals surface area contributed by atoms with E-state index in [1.807, 2.05) is 79.7 Å². The van der Waals surface area contributed by atoms with Gasteiger partial charge in [-0.3, -0.25) is 0 Å². The third kappa shape index (κ3) is 5.13. The molecule has 1 N–H and O–H groups in total. The number of esters is 1. The number of carbonyl (C=O) groups is 1. The molecule has 182 valence electrons. The molecular formula is C28H26N4O3S. The van der Waals surface area contributed by atoms with Crippen LogP contribution in [0, 0.1) is 0 Å². The molecule has 0 saturated carbocycles. The number of carbonyl (C=O) groups excluding carboxylic acids is 1. The van der Waals surface area contributed by atoms with E-state index in [4.69, 9.17) is 19.6 Å². The van der Waals surface area contributed by atoms with Gasteiger partial charge in [0.15, 0.2) is 0 Å². The Morgan fingerprint density at radius 3 is 2.44 bits per heavy atom. The zero-order chi connectivity index (χ0) is 24.9. The SMILES string of the molecule is COc1cccc(C2C(C(=O)OCc3ccccc3)=C(C)Nc3nc(SCc4ccccc4)nn32)c1. The van der Waals surface area contributed by atoms with Gasteiger partial charge in [0.2, 0.25) is 11.1 Å². The first-order valence-electron chi connectivity index (χ1n) is 11.6. The molecule has 0 aliphatic carbocycles. The normalized spacial score (nSPS) is 14.7. The molecule has 36 heavy (non-hydrogen) atoms. The number of rotatable bonds is 8. The molecule has 0 saturated heterocycles. The topological polar surface area (TPSA) is 78.3 Å². The van der Waals surface area contributed by atoms with Crippen LogP contribution < -0.4 is 10.1 Å². The van der Waals surface area contributed by atoms with E-state index in [2.05, 4.69) is 17.4 Å². The number of fused-ring (bicyclic) bond motifs is 1. The summed E-state index contributed by atoms with van der Waals surface area (Å²) in [5.74, 6) is 1.61. The highest BCUT2D eigenvalue weighted by atomic mass is 32.2. The Morgan fingerprint density at radius 1 is 1.00 bits per heavy atom. The van der Waals surface area contributed by atoms with Crippen LogP contribution in [0.5, 0.6) is 5.75 Å². The van der Waals surface area contributed by atoms with Crippen LogP contribution in [0.15, 0.2) is 101 Å². The van der Waals surface area contributed by atoms with E-state index < -0.39 is 12.0 Å². The zero-order valence-electron chi connectivity index (χ0n) is 20.0. The molecule has 4 aromatic rings. The van der Waals surface area contributed by atoms with Crippen molar-refractivity contribution in [1.82, 2.24) is 14.8 Å². The second-order valence-electron chi connectivity index (χ2n) is 8.34. The minimum absolute atomic E-state index is 0.184. The molecule has 8 heteroatoms. The lowest BCUT2D eigenvalue weighted by atomic mass is 9.95. The molecule has 1 aromatic heterocycles. The van der Waals surface area contributed by atoms with Gasteiger partial charge < -0.3 is 14.8 Å². The van der Waals surface area contributed by atoms with Gasteiger partial charge >= 0.3 is 5.97 Å². The smallest absolute Gasteiger partial charge is 0.338 e. The predicted octanol–water partition coefficient (Wildman–Crippen LogP) is 5.61. The summed E-state index contributed by atoms with van der Waals surface area (Å²) < 4.78 is 13.0. The summed E-state index contributed by atoms with van der Waals surface area (Å²) in [7, 11) is 1.62. The Bertz CT molecular complexity index is 1390. The third-order valence-corrected chi connectivity index (χ3v) is 6.79. The highest BCUT2D eigenvalue weighted by Gasteiger charge is 2.35. The van der Waals surface area contributed by atoms with Crippen molar-refractivity contribution in [3.63, 3.8) is 0 Å². The molecule has 0 bridgehead atoms. The summed E-state index contributed by atoms with van der Waals surface area (Å²) in [6.07, 6.45) is 0. The summed E-state index contributed by atoms with van der Waals surface area (Å²) in [5, 5.41) is 8.67. The summed E-state index contributed by atoms with van der Waals surface area (Å²) >= 11 is 1.55. The Balaban J connectivity index is 1.47. The molecule has 1 aliphatic heterocycles. The van der Waals surface area contributed by atoms with Crippen LogP contribution in [0.4, 0.5) is 5.95 Å². The monoisotopic (exact) mass is 498 g/mol. The number of aromatic nitrogens is 3. The minimum atomic E-state index is -0.516. The van der Waals surface area contributed by atoms with E-state index >= 15 is 0 Å². The van der Waals surface area contributed by atoms with E-state index in [0.717, 1.165) is 16.9 Å². The van der Waals surface area contributed by atoms with Crippen LogP contribution in [0.3, 0.4) is 0 Å². The largest absolute Gasteiger partial charge is 0.497 e. The van der Waals surface area contributed by atoms with Gasteiger partial charge in [-0.1, -0.05) is 84.6 Å². The molecule has 1 atom stereocenters. The van der Waals surface area contributed by atoms with Crippen LogP contribution in [0.1, 0.15) is 29.7 Å². The molecule has 0 fully saturated rings. The van der Waals surface area contributed by atoms with Crippen molar-refractivity contribution in [3.05, 3.63) is 113 Å². The maximum Gasteiger partial charge on any atom is 0.338 e. The number of hydrogen-bond acceptors (Lipinski definition) is 7. The van der Waals surface area contributed by atoms with Crippen LogP contribution in [-0.4, -0.2) is 27.8 Å². The fraction of sp³-hybridized carbons (Fsp3) is 0.179. The Morgan fingerprint density at radius 2 is 1.72 bits per heavy atom.